The number of carbonyl (C=O) groups excluding carboxylic acids is 3. The molecule has 0 aromatic heterocycles. The molecule has 25 heavy (non-hydrogen) atoms. The molecule has 3 aliphatic rings. The van der Waals surface area contributed by atoms with E-state index in [9.17, 15) is 23.2 Å². The summed E-state index contributed by atoms with van der Waals surface area (Å²) in [5.74, 6) is -5.80. The van der Waals surface area contributed by atoms with Crippen LogP contribution in [0.1, 0.15) is 25.7 Å². The number of primary amides is 1. The number of nitrogens with one attached hydrogen (secondary N) is 3. The Labute approximate surface area is 154 Å². The zero-order valence-electron chi connectivity index (χ0n) is 13.6. The first kappa shape index (κ1) is 20.0. The predicted octanol–water partition coefficient (Wildman–Crippen LogP) is -0.306. The Kier molecular flexibility index (Phi) is 6.03. The summed E-state index contributed by atoms with van der Waals surface area (Å²) in [6, 6.07) is -1.73. The molecule has 5 atom stereocenters. The number of amides is 3. The number of nitrogens with two attached hydrogens (primary N) is 1. The second kappa shape index (κ2) is 7.53. The molecule has 2 aliphatic heterocycles. The van der Waals surface area contributed by atoms with E-state index in [0.29, 0.717) is 13.0 Å². The van der Waals surface area contributed by atoms with Gasteiger partial charge >= 0.3 is 0 Å². The predicted molar refractivity (Wildman–Crippen MR) is 90.1 cm³/mol. The number of hydrogen-bond acceptors (Lipinski definition) is 4. The minimum absolute atomic E-state index is 0. The van der Waals surface area contributed by atoms with Gasteiger partial charge in [-0.15, -0.1) is 17.0 Å². The Bertz CT molecular complexity index is 563. The first-order valence-electron chi connectivity index (χ1n) is 8.28. The normalized spacial score (nSPS) is 33.9. The van der Waals surface area contributed by atoms with E-state index < -0.39 is 41.7 Å². The van der Waals surface area contributed by atoms with E-state index in [-0.39, 0.29) is 54.6 Å². The Morgan fingerprint density at radius 1 is 1.36 bits per heavy atom. The number of halogens is 3. The monoisotopic (exact) mass is 424 g/mol. The van der Waals surface area contributed by atoms with Crippen molar-refractivity contribution >= 4 is 34.7 Å². The van der Waals surface area contributed by atoms with E-state index in [1.165, 1.54) is 0 Å². The second-order valence-corrected chi connectivity index (χ2v) is 6.93. The second-order valence-electron chi connectivity index (χ2n) is 6.93. The fraction of sp³-hybridized carbons (Fsp3) is 0.800. The fourth-order valence-electron chi connectivity index (χ4n) is 4.11. The minimum atomic E-state index is -2.75. The first-order valence-corrected chi connectivity index (χ1v) is 8.28. The lowest BCUT2D eigenvalue weighted by Gasteiger charge is -2.23. The van der Waals surface area contributed by atoms with Crippen molar-refractivity contribution in [2.45, 2.75) is 43.7 Å². The van der Waals surface area contributed by atoms with E-state index in [1.54, 1.807) is 0 Å². The van der Waals surface area contributed by atoms with Gasteiger partial charge in [-0.25, -0.2) is 8.78 Å². The number of carbonyl (C=O) groups is 3. The molecule has 7 nitrogen and oxygen atoms in total. The van der Waals surface area contributed by atoms with E-state index in [0.717, 1.165) is 0 Å². The van der Waals surface area contributed by atoms with Crippen LogP contribution in [-0.4, -0.2) is 48.8 Å². The van der Waals surface area contributed by atoms with Gasteiger partial charge in [-0.2, -0.15) is 0 Å². The molecule has 142 valence electrons. The molecule has 2 saturated heterocycles. The summed E-state index contributed by atoms with van der Waals surface area (Å²) >= 11 is 0. The smallest absolute Gasteiger partial charge is 0.252 e. The van der Waals surface area contributed by atoms with Crippen molar-refractivity contribution in [1.29, 1.82) is 0 Å². The highest BCUT2D eigenvalue weighted by atomic mass is 79.9. The van der Waals surface area contributed by atoms with Crippen LogP contribution in [0.25, 0.3) is 0 Å². The molecule has 0 aromatic rings. The molecule has 0 spiro atoms. The standard InChI is InChI=1S/C15H22F2N4O3.BrH/c16-15(17)3-1-8-9(15)6-20-11(8)14(24)21-10(12(18)22)5-7-2-4-19-13(7)23;/h7-11,20H,1-6H2,(H2,18,22)(H,19,23)(H,21,24);1H/t7-,8-,9-,10-,11-;/m0./s1. The highest BCUT2D eigenvalue weighted by molar-refractivity contribution is 8.93. The van der Waals surface area contributed by atoms with Crippen molar-refractivity contribution in [3.63, 3.8) is 0 Å². The number of rotatable bonds is 5. The molecule has 1 aliphatic carbocycles. The molecule has 5 N–H and O–H groups in total. The Morgan fingerprint density at radius 2 is 2.08 bits per heavy atom. The number of alkyl halides is 2. The Balaban J connectivity index is 0.00000225. The van der Waals surface area contributed by atoms with Gasteiger partial charge in [0.05, 0.1) is 6.04 Å². The van der Waals surface area contributed by atoms with Crippen LogP contribution >= 0.6 is 17.0 Å². The van der Waals surface area contributed by atoms with Crippen molar-refractivity contribution in [2.75, 3.05) is 13.1 Å². The Morgan fingerprint density at radius 3 is 2.68 bits per heavy atom. The number of hydrogen-bond donors (Lipinski definition) is 4. The van der Waals surface area contributed by atoms with E-state index >= 15 is 0 Å². The molecule has 2 heterocycles. The summed E-state index contributed by atoms with van der Waals surface area (Å²) in [6.45, 7) is 0.619. The topological polar surface area (TPSA) is 113 Å². The summed E-state index contributed by atoms with van der Waals surface area (Å²) < 4.78 is 27.5. The van der Waals surface area contributed by atoms with Crippen molar-refractivity contribution in [2.24, 2.45) is 23.5 Å². The van der Waals surface area contributed by atoms with Gasteiger partial charge in [0, 0.05) is 31.3 Å². The van der Waals surface area contributed by atoms with E-state index in [1.807, 2.05) is 0 Å². The van der Waals surface area contributed by atoms with Gasteiger partial charge in [-0.3, -0.25) is 14.4 Å². The molecule has 0 bridgehead atoms. The van der Waals surface area contributed by atoms with E-state index in [4.69, 9.17) is 5.73 Å². The van der Waals surface area contributed by atoms with Crippen LogP contribution in [0.3, 0.4) is 0 Å². The molecule has 1 saturated carbocycles. The Hall–Kier alpha value is -1.29. The summed E-state index contributed by atoms with van der Waals surface area (Å²) in [4.78, 5) is 35.7. The van der Waals surface area contributed by atoms with Crippen molar-refractivity contribution in [1.82, 2.24) is 16.0 Å². The molecule has 3 amide bonds. The third-order valence-electron chi connectivity index (χ3n) is 5.48. The SMILES string of the molecule is Br.NC(=O)[C@H](C[C@@H]1CCNC1=O)NC(=O)[C@H]1NC[C@H]2[C@@H]1CCC2(F)F. The molecule has 3 fully saturated rings. The molecule has 0 radical (unpaired) electrons. The van der Waals surface area contributed by atoms with Crippen molar-refractivity contribution < 1.29 is 23.2 Å². The van der Waals surface area contributed by atoms with Crippen LogP contribution in [0.5, 0.6) is 0 Å². The average Bonchev–Trinajstić information content (AvgIpc) is 3.17. The zero-order valence-corrected chi connectivity index (χ0v) is 15.3. The van der Waals surface area contributed by atoms with Crippen LogP contribution in [0.2, 0.25) is 0 Å². The van der Waals surface area contributed by atoms with Gasteiger partial charge in [-0.1, -0.05) is 0 Å². The lowest BCUT2D eigenvalue weighted by molar-refractivity contribution is -0.130. The summed E-state index contributed by atoms with van der Waals surface area (Å²) in [5.41, 5.74) is 5.33. The number of fused-ring (bicyclic) bond motifs is 1. The molecule has 10 heteroatoms. The van der Waals surface area contributed by atoms with Crippen LogP contribution in [0.15, 0.2) is 0 Å². The van der Waals surface area contributed by atoms with Gasteiger partial charge in [0.2, 0.25) is 17.7 Å². The van der Waals surface area contributed by atoms with Crippen molar-refractivity contribution in [3.05, 3.63) is 0 Å². The van der Waals surface area contributed by atoms with Crippen LogP contribution in [0.4, 0.5) is 8.78 Å². The maximum Gasteiger partial charge on any atom is 0.252 e. The van der Waals surface area contributed by atoms with Gasteiger partial charge in [0.25, 0.3) is 5.92 Å². The maximum atomic E-state index is 13.8. The molecule has 0 unspecified atom stereocenters. The first-order chi connectivity index (χ1) is 11.3. The highest BCUT2D eigenvalue weighted by Gasteiger charge is 2.56. The molecular weight excluding hydrogens is 402 g/mol. The third-order valence-corrected chi connectivity index (χ3v) is 5.48. The van der Waals surface area contributed by atoms with E-state index in [2.05, 4.69) is 16.0 Å². The minimum Gasteiger partial charge on any atom is -0.368 e. The lowest BCUT2D eigenvalue weighted by Crippen LogP contribution is -2.52. The van der Waals surface area contributed by atoms with Gasteiger partial charge in [0.15, 0.2) is 0 Å². The fourth-order valence-corrected chi connectivity index (χ4v) is 4.11. The molecule has 0 aromatic carbocycles. The van der Waals surface area contributed by atoms with Crippen LogP contribution in [-0.2, 0) is 14.4 Å². The van der Waals surface area contributed by atoms with Crippen LogP contribution < -0.4 is 21.7 Å². The summed E-state index contributed by atoms with van der Waals surface area (Å²) in [7, 11) is 0. The quantitative estimate of drug-likeness (QED) is 0.484. The highest BCUT2D eigenvalue weighted by Crippen LogP contribution is 2.48. The van der Waals surface area contributed by atoms with Gasteiger partial charge in [0.1, 0.15) is 6.04 Å². The van der Waals surface area contributed by atoms with Gasteiger partial charge < -0.3 is 21.7 Å². The van der Waals surface area contributed by atoms with Crippen molar-refractivity contribution in [3.8, 4) is 0 Å². The van der Waals surface area contributed by atoms with Gasteiger partial charge in [-0.05, 0) is 25.2 Å². The zero-order chi connectivity index (χ0) is 17.5. The largest absolute Gasteiger partial charge is 0.368 e. The lowest BCUT2D eigenvalue weighted by atomic mass is 9.92. The molecule has 3 rings (SSSR count). The average molecular weight is 425 g/mol. The van der Waals surface area contributed by atoms with Crippen LogP contribution in [0, 0.1) is 17.8 Å². The summed E-state index contributed by atoms with van der Waals surface area (Å²) in [6.07, 6.45) is 0.769. The summed E-state index contributed by atoms with van der Waals surface area (Å²) in [5, 5.41) is 8.04. The maximum absolute atomic E-state index is 13.8. The molecular formula is C15H23BrF2N4O3. The third kappa shape index (κ3) is 3.94.